The molecule has 4 nitrogen and oxygen atoms in total. The summed E-state index contributed by atoms with van der Waals surface area (Å²) in [4.78, 5) is 16.4. The second-order valence-corrected chi connectivity index (χ2v) is 5.70. The molecule has 2 aromatic rings. The summed E-state index contributed by atoms with van der Waals surface area (Å²) in [5.74, 6) is -1.48. The standard InChI is InChI=1S/C16H15F4N3O/c17-12-1-3-13(4-2-12)23-10-7-21-14(23)11-5-8-22(9-6-11)15(24)16(18,19)20/h1-4,7,10-11H,5-6,8-9H2. The van der Waals surface area contributed by atoms with Gasteiger partial charge >= 0.3 is 12.1 Å². The molecule has 128 valence electrons. The molecule has 1 fully saturated rings. The average molecular weight is 341 g/mol. The van der Waals surface area contributed by atoms with E-state index in [2.05, 4.69) is 4.98 Å². The molecule has 1 aromatic heterocycles. The van der Waals surface area contributed by atoms with Crippen LogP contribution in [0.3, 0.4) is 0 Å². The SMILES string of the molecule is O=C(N1CCC(c2nccn2-c2ccc(F)cc2)CC1)C(F)(F)F. The average Bonchev–Trinajstić information content (AvgIpc) is 3.04. The van der Waals surface area contributed by atoms with E-state index < -0.39 is 12.1 Å². The Morgan fingerprint density at radius 1 is 1.12 bits per heavy atom. The molecule has 0 atom stereocenters. The van der Waals surface area contributed by atoms with Gasteiger partial charge in [0.2, 0.25) is 0 Å². The highest BCUT2D eigenvalue weighted by Gasteiger charge is 2.43. The van der Waals surface area contributed by atoms with Crippen molar-refractivity contribution in [2.75, 3.05) is 13.1 Å². The van der Waals surface area contributed by atoms with Crippen molar-refractivity contribution in [3.05, 3.63) is 48.3 Å². The fraction of sp³-hybridized carbons (Fsp3) is 0.375. The smallest absolute Gasteiger partial charge is 0.335 e. The van der Waals surface area contributed by atoms with E-state index in [4.69, 9.17) is 0 Å². The number of aromatic nitrogens is 2. The molecular weight excluding hydrogens is 326 g/mol. The molecule has 24 heavy (non-hydrogen) atoms. The van der Waals surface area contributed by atoms with Crippen LogP contribution in [0, 0.1) is 5.82 Å². The lowest BCUT2D eigenvalue weighted by molar-refractivity contribution is -0.186. The van der Waals surface area contributed by atoms with E-state index in [0.29, 0.717) is 18.7 Å². The minimum Gasteiger partial charge on any atom is -0.335 e. The first kappa shape index (κ1) is 16.5. The van der Waals surface area contributed by atoms with Crippen molar-refractivity contribution in [2.45, 2.75) is 24.9 Å². The van der Waals surface area contributed by atoms with Gasteiger partial charge in [-0.1, -0.05) is 0 Å². The number of hydrogen-bond donors (Lipinski definition) is 0. The molecule has 0 radical (unpaired) electrons. The first-order valence-electron chi connectivity index (χ1n) is 7.51. The molecule has 0 spiro atoms. The van der Waals surface area contributed by atoms with Crippen molar-refractivity contribution in [1.82, 2.24) is 14.5 Å². The molecule has 0 unspecified atom stereocenters. The number of halogens is 4. The summed E-state index contributed by atoms with van der Waals surface area (Å²) >= 11 is 0. The molecule has 0 N–H and O–H groups in total. The van der Waals surface area contributed by atoms with Crippen molar-refractivity contribution in [3.63, 3.8) is 0 Å². The Labute approximate surface area is 135 Å². The van der Waals surface area contributed by atoms with Gasteiger partial charge in [-0.15, -0.1) is 0 Å². The molecule has 0 aliphatic carbocycles. The first-order valence-corrected chi connectivity index (χ1v) is 7.51. The van der Waals surface area contributed by atoms with Crippen LogP contribution >= 0.6 is 0 Å². The third kappa shape index (κ3) is 3.27. The van der Waals surface area contributed by atoms with Gasteiger partial charge in [-0.2, -0.15) is 13.2 Å². The van der Waals surface area contributed by atoms with Crippen LogP contribution in [0.4, 0.5) is 17.6 Å². The van der Waals surface area contributed by atoms with E-state index in [1.54, 1.807) is 29.1 Å². The van der Waals surface area contributed by atoms with Gasteiger partial charge in [0.15, 0.2) is 0 Å². The zero-order chi connectivity index (χ0) is 17.3. The molecular formula is C16H15F4N3O. The van der Waals surface area contributed by atoms with E-state index in [1.165, 1.54) is 12.1 Å². The first-order chi connectivity index (χ1) is 11.4. The molecule has 3 rings (SSSR count). The largest absolute Gasteiger partial charge is 0.471 e. The van der Waals surface area contributed by atoms with Gasteiger partial charge in [0.25, 0.3) is 0 Å². The Morgan fingerprint density at radius 2 is 1.75 bits per heavy atom. The number of imidazole rings is 1. The minimum absolute atomic E-state index is 0.0410. The van der Waals surface area contributed by atoms with Crippen LogP contribution in [-0.4, -0.2) is 39.6 Å². The van der Waals surface area contributed by atoms with Crippen LogP contribution in [0.5, 0.6) is 0 Å². The van der Waals surface area contributed by atoms with Crippen LogP contribution in [-0.2, 0) is 4.79 Å². The van der Waals surface area contributed by atoms with Gasteiger partial charge in [-0.25, -0.2) is 9.37 Å². The van der Waals surface area contributed by atoms with E-state index in [-0.39, 0.29) is 24.8 Å². The predicted molar refractivity (Wildman–Crippen MR) is 78.1 cm³/mol. The van der Waals surface area contributed by atoms with Crippen molar-refractivity contribution in [1.29, 1.82) is 0 Å². The highest BCUT2D eigenvalue weighted by Crippen LogP contribution is 2.30. The summed E-state index contributed by atoms with van der Waals surface area (Å²) in [5.41, 5.74) is 0.734. The monoisotopic (exact) mass is 341 g/mol. The molecule has 1 saturated heterocycles. The molecule has 0 saturated carbocycles. The van der Waals surface area contributed by atoms with Gasteiger partial charge in [-0.05, 0) is 37.1 Å². The Morgan fingerprint density at radius 3 is 2.33 bits per heavy atom. The van der Waals surface area contributed by atoms with Crippen LogP contribution in [0.1, 0.15) is 24.6 Å². The molecule has 1 aliphatic heterocycles. The summed E-state index contributed by atoms with van der Waals surface area (Å²) in [6, 6.07) is 5.90. The summed E-state index contributed by atoms with van der Waals surface area (Å²) in [6.07, 6.45) is -0.693. The lowest BCUT2D eigenvalue weighted by Crippen LogP contribution is -2.45. The maximum absolute atomic E-state index is 13.0. The van der Waals surface area contributed by atoms with E-state index >= 15 is 0 Å². The number of hydrogen-bond acceptors (Lipinski definition) is 2. The predicted octanol–water partition coefficient (Wildman–Crippen LogP) is 3.28. The molecule has 1 aromatic carbocycles. The van der Waals surface area contributed by atoms with E-state index in [1.807, 2.05) is 0 Å². The number of carbonyl (C=O) groups excluding carboxylic acids is 1. The maximum Gasteiger partial charge on any atom is 0.471 e. The van der Waals surface area contributed by atoms with Gasteiger partial charge in [-0.3, -0.25) is 4.79 Å². The van der Waals surface area contributed by atoms with Crippen LogP contribution in [0.15, 0.2) is 36.7 Å². The molecule has 2 heterocycles. The Kier molecular flexibility index (Phi) is 4.29. The summed E-state index contributed by atoms with van der Waals surface area (Å²) in [6.45, 7) is 0.0819. The third-order valence-electron chi connectivity index (χ3n) is 4.16. The van der Waals surface area contributed by atoms with Crippen LogP contribution in [0.2, 0.25) is 0 Å². The van der Waals surface area contributed by atoms with Crippen molar-refractivity contribution in [3.8, 4) is 5.69 Å². The van der Waals surface area contributed by atoms with Crippen molar-refractivity contribution < 1.29 is 22.4 Å². The summed E-state index contributed by atoms with van der Waals surface area (Å²) < 4.78 is 52.3. The summed E-state index contributed by atoms with van der Waals surface area (Å²) in [7, 11) is 0. The minimum atomic E-state index is -4.83. The topological polar surface area (TPSA) is 38.1 Å². The van der Waals surface area contributed by atoms with Crippen molar-refractivity contribution in [2.24, 2.45) is 0 Å². The quantitative estimate of drug-likeness (QED) is 0.787. The number of likely N-dealkylation sites (tertiary alicyclic amines) is 1. The normalized spacial score (nSPS) is 16.4. The van der Waals surface area contributed by atoms with E-state index in [0.717, 1.165) is 10.6 Å². The fourth-order valence-corrected chi connectivity index (χ4v) is 2.96. The number of nitrogens with zero attached hydrogens (tertiary/aromatic N) is 3. The Balaban J connectivity index is 1.73. The number of amides is 1. The molecule has 1 amide bonds. The second-order valence-electron chi connectivity index (χ2n) is 5.70. The molecule has 8 heteroatoms. The number of benzene rings is 1. The van der Waals surface area contributed by atoms with E-state index in [9.17, 15) is 22.4 Å². The van der Waals surface area contributed by atoms with Crippen LogP contribution in [0.25, 0.3) is 5.69 Å². The van der Waals surface area contributed by atoms with Crippen LogP contribution < -0.4 is 0 Å². The third-order valence-corrected chi connectivity index (χ3v) is 4.16. The van der Waals surface area contributed by atoms with Gasteiger partial charge in [0.05, 0.1) is 0 Å². The van der Waals surface area contributed by atoms with Crippen molar-refractivity contribution >= 4 is 5.91 Å². The highest BCUT2D eigenvalue weighted by atomic mass is 19.4. The zero-order valence-electron chi connectivity index (χ0n) is 12.6. The molecule has 0 bridgehead atoms. The number of rotatable bonds is 2. The summed E-state index contributed by atoms with van der Waals surface area (Å²) in [5, 5.41) is 0. The maximum atomic E-state index is 13.0. The lowest BCUT2D eigenvalue weighted by atomic mass is 9.95. The van der Waals surface area contributed by atoms with Gasteiger partial charge in [0.1, 0.15) is 11.6 Å². The zero-order valence-corrected chi connectivity index (χ0v) is 12.6. The lowest BCUT2D eigenvalue weighted by Gasteiger charge is -2.32. The number of carbonyl (C=O) groups is 1. The van der Waals surface area contributed by atoms with Gasteiger partial charge in [0, 0.05) is 37.1 Å². The Hall–Kier alpha value is -2.38. The number of alkyl halides is 3. The number of piperidine rings is 1. The molecule has 1 aliphatic rings. The second kappa shape index (κ2) is 6.26. The highest BCUT2D eigenvalue weighted by molar-refractivity contribution is 5.81. The Bertz CT molecular complexity index is 716. The fourth-order valence-electron chi connectivity index (χ4n) is 2.96. The van der Waals surface area contributed by atoms with Gasteiger partial charge < -0.3 is 9.47 Å².